The number of amides is 1. The molecule has 4 rings (SSSR count). The van der Waals surface area contributed by atoms with Gasteiger partial charge in [0.25, 0.3) is 0 Å². The summed E-state index contributed by atoms with van der Waals surface area (Å²) in [6.45, 7) is 1.60. The van der Waals surface area contributed by atoms with E-state index in [1.807, 2.05) is 35.2 Å². The molecule has 1 aliphatic heterocycles. The highest BCUT2D eigenvalue weighted by Gasteiger charge is 2.21. The summed E-state index contributed by atoms with van der Waals surface area (Å²) in [6, 6.07) is 14.9. The van der Waals surface area contributed by atoms with Crippen LogP contribution in [-0.4, -0.2) is 39.9 Å². The molecule has 1 aliphatic rings. The summed E-state index contributed by atoms with van der Waals surface area (Å²) in [5, 5.41) is 16.0. The molecule has 152 valence electrons. The van der Waals surface area contributed by atoms with E-state index in [-0.39, 0.29) is 12.3 Å². The predicted molar refractivity (Wildman–Crippen MR) is 111 cm³/mol. The van der Waals surface area contributed by atoms with Gasteiger partial charge in [-0.25, -0.2) is 4.39 Å². The number of nitrogens with zero attached hydrogens (tertiary/aromatic N) is 5. The molecule has 1 aromatic carbocycles. The molecule has 1 atom stereocenters. The summed E-state index contributed by atoms with van der Waals surface area (Å²) < 4.78 is 15.0. The lowest BCUT2D eigenvalue weighted by Gasteiger charge is -2.17. The van der Waals surface area contributed by atoms with E-state index in [1.54, 1.807) is 29.1 Å². The van der Waals surface area contributed by atoms with E-state index in [4.69, 9.17) is 5.26 Å². The number of aromatic nitrogens is 3. The van der Waals surface area contributed by atoms with Crippen LogP contribution in [0, 0.1) is 11.3 Å². The van der Waals surface area contributed by atoms with Gasteiger partial charge in [0, 0.05) is 37.2 Å². The van der Waals surface area contributed by atoms with Crippen LogP contribution >= 0.6 is 0 Å². The minimum atomic E-state index is -0.761. The van der Waals surface area contributed by atoms with E-state index in [9.17, 15) is 9.18 Å². The van der Waals surface area contributed by atoms with Crippen molar-refractivity contribution in [2.24, 2.45) is 0 Å². The van der Waals surface area contributed by atoms with Crippen molar-refractivity contribution in [3.8, 4) is 6.07 Å². The molecule has 0 unspecified atom stereocenters. The number of carbonyl (C=O) groups is 1. The summed E-state index contributed by atoms with van der Waals surface area (Å²) >= 11 is 0. The Bertz CT molecular complexity index is 1050. The maximum atomic E-state index is 13.4. The van der Waals surface area contributed by atoms with E-state index >= 15 is 0 Å². The van der Waals surface area contributed by atoms with Crippen molar-refractivity contribution in [2.75, 3.05) is 23.3 Å². The highest BCUT2D eigenvalue weighted by Crippen LogP contribution is 2.22. The molecule has 0 radical (unpaired) electrons. The lowest BCUT2D eigenvalue weighted by Crippen LogP contribution is -2.20. The van der Waals surface area contributed by atoms with Crippen LogP contribution in [0.2, 0.25) is 0 Å². The highest BCUT2D eigenvalue weighted by molar-refractivity contribution is 5.91. The van der Waals surface area contributed by atoms with Crippen LogP contribution in [-0.2, 0) is 17.8 Å². The van der Waals surface area contributed by atoms with Gasteiger partial charge in [-0.15, -0.1) is 0 Å². The number of carbonyl (C=O) groups excluding carboxylic acids is 1. The summed E-state index contributed by atoms with van der Waals surface area (Å²) in [4.78, 5) is 18.6. The number of nitrogens with one attached hydrogen (secondary N) is 1. The number of pyridine rings is 1. The van der Waals surface area contributed by atoms with Crippen LogP contribution in [0.15, 0.2) is 54.9 Å². The van der Waals surface area contributed by atoms with Gasteiger partial charge in [0.1, 0.15) is 12.2 Å². The van der Waals surface area contributed by atoms with Gasteiger partial charge >= 0.3 is 0 Å². The number of anilines is 2. The molecule has 7 nitrogen and oxygen atoms in total. The standard InChI is InChI=1S/C22H21FN6O/c23-18-7-9-28(14-18)20-5-2-16(3-6-20)11-22(30)26-21-8-10-29(27-21)15-19-4-1-17(12-24)13-25-19/h1-6,8,10,13,18H,7,9,11,14-15H2,(H,26,27,30)/t18-/m0/s1. The third-order valence-corrected chi connectivity index (χ3v) is 4.98. The molecular formula is C22H21FN6O. The van der Waals surface area contributed by atoms with Gasteiger partial charge in [-0.3, -0.25) is 14.5 Å². The van der Waals surface area contributed by atoms with E-state index in [0.29, 0.717) is 30.9 Å². The Kier molecular flexibility index (Phi) is 5.70. The lowest BCUT2D eigenvalue weighted by atomic mass is 10.1. The van der Waals surface area contributed by atoms with Gasteiger partial charge in [0.05, 0.1) is 24.2 Å². The topological polar surface area (TPSA) is 86.8 Å². The number of hydrogen-bond acceptors (Lipinski definition) is 5. The molecule has 1 saturated heterocycles. The molecule has 1 amide bonds. The Balaban J connectivity index is 1.30. The fourth-order valence-corrected chi connectivity index (χ4v) is 3.42. The largest absolute Gasteiger partial charge is 0.369 e. The molecule has 0 bridgehead atoms. The molecule has 0 aliphatic carbocycles. The molecule has 2 aromatic heterocycles. The summed E-state index contributed by atoms with van der Waals surface area (Å²) in [6.07, 6.45) is 3.32. The Morgan fingerprint density at radius 1 is 1.23 bits per heavy atom. The van der Waals surface area contributed by atoms with Crippen molar-refractivity contribution in [1.29, 1.82) is 5.26 Å². The molecular weight excluding hydrogens is 383 g/mol. The second-order valence-corrected chi connectivity index (χ2v) is 7.27. The van der Waals surface area contributed by atoms with Crippen LogP contribution in [0.1, 0.15) is 23.2 Å². The fourth-order valence-electron chi connectivity index (χ4n) is 3.42. The van der Waals surface area contributed by atoms with Crippen molar-refractivity contribution < 1.29 is 9.18 Å². The van der Waals surface area contributed by atoms with Gasteiger partial charge in [-0.2, -0.15) is 10.4 Å². The van der Waals surface area contributed by atoms with E-state index in [0.717, 1.165) is 23.5 Å². The molecule has 8 heteroatoms. The Labute approximate surface area is 173 Å². The monoisotopic (exact) mass is 404 g/mol. The van der Waals surface area contributed by atoms with Crippen molar-refractivity contribution in [3.05, 3.63) is 71.7 Å². The molecule has 0 spiro atoms. The van der Waals surface area contributed by atoms with E-state index in [1.165, 1.54) is 6.20 Å². The van der Waals surface area contributed by atoms with Crippen molar-refractivity contribution >= 4 is 17.4 Å². The van der Waals surface area contributed by atoms with Crippen molar-refractivity contribution in [1.82, 2.24) is 14.8 Å². The lowest BCUT2D eigenvalue weighted by molar-refractivity contribution is -0.115. The molecule has 30 heavy (non-hydrogen) atoms. The average Bonchev–Trinajstić information content (AvgIpc) is 3.38. The fraction of sp³-hybridized carbons (Fsp3) is 0.273. The zero-order valence-corrected chi connectivity index (χ0v) is 16.3. The smallest absolute Gasteiger partial charge is 0.229 e. The first kappa shape index (κ1) is 19.6. The Morgan fingerprint density at radius 2 is 2.07 bits per heavy atom. The number of alkyl halides is 1. The summed E-state index contributed by atoms with van der Waals surface area (Å²) in [5.41, 5.74) is 3.14. The van der Waals surface area contributed by atoms with Crippen LogP contribution in [0.5, 0.6) is 0 Å². The molecule has 1 N–H and O–H groups in total. The molecule has 1 fully saturated rings. The quantitative estimate of drug-likeness (QED) is 0.683. The second kappa shape index (κ2) is 8.74. The minimum absolute atomic E-state index is 0.158. The van der Waals surface area contributed by atoms with Gasteiger partial charge < -0.3 is 10.2 Å². The van der Waals surface area contributed by atoms with Crippen molar-refractivity contribution in [2.45, 2.75) is 25.6 Å². The van der Waals surface area contributed by atoms with Crippen LogP contribution in [0.4, 0.5) is 15.9 Å². The van der Waals surface area contributed by atoms with E-state index < -0.39 is 6.17 Å². The van der Waals surface area contributed by atoms with Gasteiger partial charge in [0.2, 0.25) is 5.91 Å². The first-order valence-electron chi connectivity index (χ1n) is 9.75. The SMILES string of the molecule is N#Cc1ccc(Cn2ccc(NC(=O)Cc3ccc(N4CC[C@H](F)C4)cc3)n2)nc1. The molecule has 3 heterocycles. The highest BCUT2D eigenvalue weighted by atomic mass is 19.1. The van der Waals surface area contributed by atoms with Crippen LogP contribution in [0.25, 0.3) is 0 Å². The maximum Gasteiger partial charge on any atom is 0.229 e. The van der Waals surface area contributed by atoms with Gasteiger partial charge in [0.15, 0.2) is 5.82 Å². The molecule has 0 saturated carbocycles. The Morgan fingerprint density at radius 3 is 2.73 bits per heavy atom. The number of hydrogen-bond donors (Lipinski definition) is 1. The second-order valence-electron chi connectivity index (χ2n) is 7.27. The molecule has 3 aromatic rings. The van der Waals surface area contributed by atoms with Crippen molar-refractivity contribution in [3.63, 3.8) is 0 Å². The number of rotatable bonds is 6. The Hall–Kier alpha value is -3.73. The zero-order valence-electron chi connectivity index (χ0n) is 16.3. The van der Waals surface area contributed by atoms with Crippen LogP contribution < -0.4 is 10.2 Å². The van der Waals surface area contributed by atoms with E-state index in [2.05, 4.69) is 15.4 Å². The maximum absolute atomic E-state index is 13.4. The normalized spacial score (nSPS) is 15.7. The first-order chi connectivity index (χ1) is 14.6. The minimum Gasteiger partial charge on any atom is -0.369 e. The number of benzene rings is 1. The van der Waals surface area contributed by atoms with Gasteiger partial charge in [-0.1, -0.05) is 12.1 Å². The predicted octanol–water partition coefficient (Wildman–Crippen LogP) is 2.93. The summed E-state index contributed by atoms with van der Waals surface area (Å²) in [5.74, 6) is 0.311. The average molecular weight is 404 g/mol. The number of halogens is 1. The third kappa shape index (κ3) is 4.81. The zero-order chi connectivity index (χ0) is 20.9. The summed E-state index contributed by atoms with van der Waals surface area (Å²) in [7, 11) is 0. The van der Waals surface area contributed by atoms with Gasteiger partial charge in [-0.05, 0) is 36.2 Å². The van der Waals surface area contributed by atoms with Crippen LogP contribution in [0.3, 0.4) is 0 Å². The third-order valence-electron chi connectivity index (χ3n) is 4.98. The number of nitriles is 1. The first-order valence-corrected chi connectivity index (χ1v) is 9.75.